The van der Waals surface area contributed by atoms with Crippen molar-refractivity contribution >= 4 is 22.3 Å². The first-order chi connectivity index (χ1) is 11.3. The van der Waals surface area contributed by atoms with E-state index in [-0.39, 0.29) is 10.7 Å². The Balaban J connectivity index is 2.27. The second kappa shape index (κ2) is 7.21. The quantitative estimate of drug-likeness (QED) is 0.442. The number of halogens is 1. The molecule has 0 spiro atoms. The predicted octanol–water partition coefficient (Wildman–Crippen LogP) is 1.61. The fraction of sp³-hybridized carbons (Fsp3) is 0.214. The number of hydrogen-bond acceptors (Lipinski definition) is 7. The van der Waals surface area contributed by atoms with Gasteiger partial charge in [-0.1, -0.05) is 0 Å². The summed E-state index contributed by atoms with van der Waals surface area (Å²) in [5.74, 6) is -0.645. The zero-order valence-corrected chi connectivity index (χ0v) is 14.0. The number of nitrogens with zero attached hydrogens (tertiary/aromatic N) is 4. The Kier molecular flexibility index (Phi) is 5.29. The van der Waals surface area contributed by atoms with Crippen molar-refractivity contribution in [3.05, 3.63) is 36.3 Å². The molecule has 0 unspecified atom stereocenters. The van der Waals surface area contributed by atoms with Crippen molar-refractivity contribution in [3.8, 4) is 11.8 Å². The highest BCUT2D eigenvalue weighted by atomic mass is 32.2. The molecule has 0 bridgehead atoms. The molecule has 0 radical (unpaired) electrons. The van der Waals surface area contributed by atoms with Crippen molar-refractivity contribution in [3.63, 3.8) is 0 Å². The third-order valence-corrected chi connectivity index (χ3v) is 3.86. The first-order valence-electron chi connectivity index (χ1n) is 6.63. The van der Waals surface area contributed by atoms with Gasteiger partial charge in [-0.3, -0.25) is 0 Å². The van der Waals surface area contributed by atoms with E-state index < -0.39 is 21.9 Å². The lowest BCUT2D eigenvalue weighted by Gasteiger charge is -2.07. The Hall–Kier alpha value is -2.75. The third kappa shape index (κ3) is 4.38. The molecule has 0 aliphatic carbocycles. The van der Waals surface area contributed by atoms with Crippen molar-refractivity contribution in [2.45, 2.75) is 4.90 Å². The van der Waals surface area contributed by atoms with Crippen LogP contribution in [-0.2, 0) is 10.1 Å². The Morgan fingerprint density at radius 1 is 1.25 bits per heavy atom. The van der Waals surface area contributed by atoms with Gasteiger partial charge in [0, 0.05) is 14.1 Å². The second-order valence-corrected chi connectivity index (χ2v) is 6.29. The van der Waals surface area contributed by atoms with Gasteiger partial charge in [0.05, 0.1) is 19.6 Å². The van der Waals surface area contributed by atoms with Crippen LogP contribution in [0.25, 0.3) is 0 Å². The number of benzene rings is 1. The highest BCUT2D eigenvalue weighted by molar-refractivity contribution is 7.87. The van der Waals surface area contributed by atoms with Gasteiger partial charge in [0.2, 0.25) is 0 Å². The molecule has 0 N–H and O–H groups in total. The molecule has 10 heteroatoms. The van der Waals surface area contributed by atoms with E-state index in [1.807, 2.05) is 0 Å². The molecule has 0 fully saturated rings. The first-order valence-corrected chi connectivity index (χ1v) is 8.04. The lowest BCUT2D eigenvalue weighted by molar-refractivity contribution is 0.414. The summed E-state index contributed by atoms with van der Waals surface area (Å²) < 4.78 is 47.7. The van der Waals surface area contributed by atoms with Crippen LogP contribution in [0.4, 0.5) is 10.2 Å². The van der Waals surface area contributed by atoms with E-state index >= 15 is 0 Å². The number of rotatable bonds is 6. The van der Waals surface area contributed by atoms with Crippen molar-refractivity contribution in [2.75, 3.05) is 21.2 Å². The molecule has 2 rings (SSSR count). The minimum atomic E-state index is -4.16. The Labute approximate surface area is 138 Å². The summed E-state index contributed by atoms with van der Waals surface area (Å²) in [5, 5.41) is 0. The molecular formula is C14H15FN4O4S. The number of aromatic nitrogens is 2. The number of methoxy groups -OCH3 is 1. The van der Waals surface area contributed by atoms with Gasteiger partial charge in [-0.25, -0.2) is 9.38 Å². The van der Waals surface area contributed by atoms with Crippen LogP contribution in [0.5, 0.6) is 11.8 Å². The van der Waals surface area contributed by atoms with Gasteiger partial charge in [-0.05, 0) is 24.3 Å². The molecule has 0 atom stereocenters. The van der Waals surface area contributed by atoms with Gasteiger partial charge in [0.15, 0.2) is 11.6 Å². The molecule has 0 amide bonds. The molecule has 1 aromatic heterocycles. The van der Waals surface area contributed by atoms with Crippen molar-refractivity contribution in [2.24, 2.45) is 4.99 Å². The molecule has 8 nitrogen and oxygen atoms in total. The molecular weight excluding hydrogens is 339 g/mol. The van der Waals surface area contributed by atoms with E-state index in [1.54, 1.807) is 19.0 Å². The third-order valence-electron chi connectivity index (χ3n) is 2.65. The van der Waals surface area contributed by atoms with Gasteiger partial charge in [-0.2, -0.15) is 18.4 Å². The molecule has 0 aliphatic heterocycles. The highest BCUT2D eigenvalue weighted by Crippen LogP contribution is 2.21. The van der Waals surface area contributed by atoms with Crippen LogP contribution in [0.2, 0.25) is 0 Å². The fourth-order valence-corrected chi connectivity index (χ4v) is 2.37. The summed E-state index contributed by atoms with van der Waals surface area (Å²) in [7, 11) is 0.673. The topological polar surface area (TPSA) is 94.0 Å². The van der Waals surface area contributed by atoms with Crippen LogP contribution in [0, 0.1) is 5.82 Å². The Morgan fingerprint density at radius 3 is 2.50 bits per heavy atom. The molecule has 1 heterocycles. The molecule has 128 valence electrons. The van der Waals surface area contributed by atoms with Crippen LogP contribution >= 0.6 is 0 Å². The van der Waals surface area contributed by atoms with Crippen molar-refractivity contribution in [1.29, 1.82) is 0 Å². The van der Waals surface area contributed by atoms with Crippen LogP contribution in [0.3, 0.4) is 0 Å². The van der Waals surface area contributed by atoms with Crippen LogP contribution < -0.4 is 8.92 Å². The maximum absolute atomic E-state index is 13.6. The molecule has 1 aromatic carbocycles. The minimum Gasteiger partial charge on any atom is -0.497 e. The predicted molar refractivity (Wildman–Crippen MR) is 84.6 cm³/mol. The van der Waals surface area contributed by atoms with E-state index in [0.717, 1.165) is 6.20 Å². The van der Waals surface area contributed by atoms with Gasteiger partial charge in [-0.15, -0.1) is 0 Å². The number of hydrogen-bond donors (Lipinski definition) is 0. The van der Waals surface area contributed by atoms with Gasteiger partial charge in [0.25, 0.3) is 0 Å². The average molecular weight is 354 g/mol. The summed E-state index contributed by atoms with van der Waals surface area (Å²) in [6, 6.07) is 5.02. The Bertz CT molecular complexity index is 838. The summed E-state index contributed by atoms with van der Waals surface area (Å²) in [6.45, 7) is 0. The van der Waals surface area contributed by atoms with Gasteiger partial charge < -0.3 is 13.8 Å². The van der Waals surface area contributed by atoms with Crippen LogP contribution in [0.1, 0.15) is 0 Å². The number of ether oxygens (including phenoxy) is 1. The summed E-state index contributed by atoms with van der Waals surface area (Å²) in [4.78, 5) is 12.4. The van der Waals surface area contributed by atoms with Gasteiger partial charge in [0.1, 0.15) is 10.6 Å². The minimum absolute atomic E-state index is 0.116. The standard InChI is InChI=1S/C14H15FN4O4S/c1-19(2)9-17-13-12(15)8-16-14(18-13)23-24(20,21)11-6-4-10(22-3)5-7-11/h4-9H,1-3H3/b17-9+. The lowest BCUT2D eigenvalue weighted by Crippen LogP contribution is -2.12. The van der Waals surface area contributed by atoms with Gasteiger partial charge >= 0.3 is 16.1 Å². The van der Waals surface area contributed by atoms with Crippen molar-refractivity contribution < 1.29 is 21.7 Å². The van der Waals surface area contributed by atoms with E-state index in [0.29, 0.717) is 5.75 Å². The number of aliphatic imine (C=N–C) groups is 1. The summed E-state index contributed by atoms with van der Waals surface area (Å²) >= 11 is 0. The first kappa shape index (κ1) is 17.6. The largest absolute Gasteiger partial charge is 0.497 e. The molecule has 0 aliphatic rings. The van der Waals surface area contributed by atoms with E-state index in [1.165, 1.54) is 37.7 Å². The average Bonchev–Trinajstić information content (AvgIpc) is 2.55. The zero-order valence-electron chi connectivity index (χ0n) is 13.2. The SMILES string of the molecule is COc1ccc(S(=O)(=O)Oc2ncc(F)c(/N=C/N(C)C)n2)cc1. The molecule has 2 aromatic rings. The van der Waals surface area contributed by atoms with E-state index in [4.69, 9.17) is 8.92 Å². The van der Waals surface area contributed by atoms with Crippen molar-refractivity contribution in [1.82, 2.24) is 14.9 Å². The zero-order chi connectivity index (χ0) is 17.7. The normalized spacial score (nSPS) is 11.5. The van der Waals surface area contributed by atoms with E-state index in [2.05, 4.69) is 15.0 Å². The summed E-state index contributed by atoms with van der Waals surface area (Å²) in [6.07, 6.45) is 2.10. The maximum Gasteiger partial charge on any atom is 0.341 e. The van der Waals surface area contributed by atoms with E-state index in [9.17, 15) is 12.8 Å². The maximum atomic E-state index is 13.6. The second-order valence-electron chi connectivity index (χ2n) is 4.75. The van der Waals surface area contributed by atoms with Crippen LogP contribution in [0.15, 0.2) is 40.4 Å². The molecule has 0 saturated heterocycles. The Morgan fingerprint density at radius 2 is 1.92 bits per heavy atom. The van der Waals surface area contributed by atoms with Crippen LogP contribution in [-0.4, -0.2) is 50.8 Å². The monoisotopic (exact) mass is 354 g/mol. The smallest absolute Gasteiger partial charge is 0.341 e. The molecule has 24 heavy (non-hydrogen) atoms. The highest BCUT2D eigenvalue weighted by Gasteiger charge is 2.19. The summed E-state index contributed by atoms with van der Waals surface area (Å²) in [5.41, 5.74) is 0. The fourth-order valence-electron chi connectivity index (χ4n) is 1.53. The molecule has 0 saturated carbocycles. The lowest BCUT2D eigenvalue weighted by atomic mass is 10.3.